The Balaban J connectivity index is 1.73. The fourth-order valence-electron chi connectivity index (χ4n) is 4.04. The lowest BCUT2D eigenvalue weighted by atomic mass is 9.78. The van der Waals surface area contributed by atoms with Crippen LogP contribution >= 0.6 is 0 Å². The molecule has 1 aromatic rings. The highest BCUT2D eigenvalue weighted by Crippen LogP contribution is 2.41. The average Bonchev–Trinajstić information content (AvgIpc) is 3.18. The molecular formula is C18H23NO3. The SMILES string of the molecule is O=C(O)[C@@H]1CC[C@H](NC(=O)C2(c3ccccc3)CCCC2)C1. The van der Waals surface area contributed by atoms with Gasteiger partial charge in [0.25, 0.3) is 0 Å². The average molecular weight is 301 g/mol. The first-order valence-corrected chi connectivity index (χ1v) is 8.21. The molecule has 2 aliphatic rings. The summed E-state index contributed by atoms with van der Waals surface area (Å²) in [7, 11) is 0. The zero-order valence-electron chi connectivity index (χ0n) is 12.8. The van der Waals surface area contributed by atoms with Crippen LogP contribution in [0.4, 0.5) is 0 Å². The van der Waals surface area contributed by atoms with E-state index in [-0.39, 0.29) is 17.9 Å². The molecule has 4 nitrogen and oxygen atoms in total. The van der Waals surface area contributed by atoms with E-state index in [1.165, 1.54) is 0 Å². The van der Waals surface area contributed by atoms with E-state index in [4.69, 9.17) is 5.11 Å². The van der Waals surface area contributed by atoms with Crippen LogP contribution in [0.2, 0.25) is 0 Å². The van der Waals surface area contributed by atoms with Gasteiger partial charge >= 0.3 is 5.97 Å². The molecule has 118 valence electrons. The maximum atomic E-state index is 12.9. The topological polar surface area (TPSA) is 66.4 Å². The number of carboxylic acids is 1. The Kier molecular flexibility index (Phi) is 4.19. The van der Waals surface area contributed by atoms with Crippen LogP contribution in [0.1, 0.15) is 50.5 Å². The van der Waals surface area contributed by atoms with E-state index in [0.29, 0.717) is 12.8 Å². The van der Waals surface area contributed by atoms with E-state index in [0.717, 1.165) is 37.7 Å². The Morgan fingerprint density at radius 2 is 1.77 bits per heavy atom. The summed E-state index contributed by atoms with van der Waals surface area (Å²) >= 11 is 0. The summed E-state index contributed by atoms with van der Waals surface area (Å²) in [5.74, 6) is -0.954. The van der Waals surface area contributed by atoms with Crippen molar-refractivity contribution in [1.29, 1.82) is 0 Å². The fraction of sp³-hybridized carbons (Fsp3) is 0.556. The van der Waals surface area contributed by atoms with Gasteiger partial charge in [-0.05, 0) is 37.7 Å². The first-order valence-electron chi connectivity index (χ1n) is 8.21. The molecule has 0 heterocycles. The van der Waals surface area contributed by atoms with Gasteiger partial charge in [-0.1, -0.05) is 43.2 Å². The Labute approximate surface area is 130 Å². The first-order chi connectivity index (χ1) is 10.6. The Hall–Kier alpha value is -1.84. The zero-order chi connectivity index (χ0) is 15.6. The van der Waals surface area contributed by atoms with Gasteiger partial charge in [0.05, 0.1) is 11.3 Å². The lowest BCUT2D eigenvalue weighted by Gasteiger charge is -2.30. The number of carboxylic acid groups (broad SMARTS) is 1. The number of benzene rings is 1. The highest BCUT2D eigenvalue weighted by molar-refractivity contribution is 5.89. The van der Waals surface area contributed by atoms with Crippen molar-refractivity contribution >= 4 is 11.9 Å². The van der Waals surface area contributed by atoms with Crippen molar-refractivity contribution in [3.63, 3.8) is 0 Å². The molecule has 0 aromatic heterocycles. The van der Waals surface area contributed by atoms with Gasteiger partial charge in [-0.2, -0.15) is 0 Å². The van der Waals surface area contributed by atoms with Gasteiger partial charge in [0, 0.05) is 6.04 Å². The molecule has 2 fully saturated rings. The summed E-state index contributed by atoms with van der Waals surface area (Å²) in [4.78, 5) is 24.0. The maximum absolute atomic E-state index is 12.9. The van der Waals surface area contributed by atoms with Gasteiger partial charge in [0.2, 0.25) is 5.91 Å². The molecule has 0 aliphatic heterocycles. The van der Waals surface area contributed by atoms with E-state index in [2.05, 4.69) is 5.32 Å². The van der Waals surface area contributed by atoms with Crippen LogP contribution in [0, 0.1) is 5.92 Å². The number of hydrogen-bond donors (Lipinski definition) is 2. The molecule has 3 rings (SSSR count). The lowest BCUT2D eigenvalue weighted by molar-refractivity contribution is -0.141. The molecule has 1 aromatic carbocycles. The van der Waals surface area contributed by atoms with Crippen molar-refractivity contribution in [3.8, 4) is 0 Å². The molecule has 2 N–H and O–H groups in total. The monoisotopic (exact) mass is 301 g/mol. The zero-order valence-corrected chi connectivity index (χ0v) is 12.8. The molecule has 2 aliphatic carbocycles. The number of amides is 1. The summed E-state index contributed by atoms with van der Waals surface area (Å²) in [5.41, 5.74) is 0.681. The molecule has 4 heteroatoms. The van der Waals surface area contributed by atoms with Crippen molar-refractivity contribution < 1.29 is 14.7 Å². The van der Waals surface area contributed by atoms with Gasteiger partial charge in [0.15, 0.2) is 0 Å². The molecule has 1 amide bonds. The second-order valence-electron chi connectivity index (χ2n) is 6.67. The predicted molar refractivity (Wildman–Crippen MR) is 83.5 cm³/mol. The summed E-state index contributed by atoms with van der Waals surface area (Å²) in [6.07, 6.45) is 5.92. The van der Waals surface area contributed by atoms with Crippen LogP contribution in [0.3, 0.4) is 0 Å². The summed E-state index contributed by atoms with van der Waals surface area (Å²) in [6.45, 7) is 0. The highest BCUT2D eigenvalue weighted by Gasteiger charge is 2.44. The predicted octanol–water partition coefficient (Wildman–Crippen LogP) is 2.87. The van der Waals surface area contributed by atoms with E-state index in [1.807, 2.05) is 30.3 Å². The second-order valence-corrected chi connectivity index (χ2v) is 6.67. The van der Waals surface area contributed by atoms with Crippen LogP contribution in [-0.4, -0.2) is 23.0 Å². The molecule has 0 bridgehead atoms. The van der Waals surface area contributed by atoms with Crippen LogP contribution in [0.25, 0.3) is 0 Å². The minimum atomic E-state index is -0.740. The van der Waals surface area contributed by atoms with Crippen molar-refractivity contribution in [3.05, 3.63) is 35.9 Å². The quantitative estimate of drug-likeness (QED) is 0.898. The van der Waals surface area contributed by atoms with Gasteiger partial charge in [-0.3, -0.25) is 9.59 Å². The fourth-order valence-corrected chi connectivity index (χ4v) is 4.04. The normalized spacial score (nSPS) is 26.7. The minimum absolute atomic E-state index is 0.00906. The summed E-state index contributed by atoms with van der Waals surface area (Å²) < 4.78 is 0. The molecule has 2 saturated carbocycles. The van der Waals surface area contributed by atoms with Crippen LogP contribution in [-0.2, 0) is 15.0 Å². The largest absolute Gasteiger partial charge is 0.481 e. The smallest absolute Gasteiger partial charge is 0.306 e. The highest BCUT2D eigenvalue weighted by atomic mass is 16.4. The number of aliphatic carboxylic acids is 1. The standard InChI is InChI=1S/C18H23NO3/c20-16(21)13-8-9-15(12-13)19-17(22)18(10-4-5-11-18)14-6-2-1-3-7-14/h1-3,6-7,13,15H,4-5,8-12H2,(H,19,22)(H,20,21)/t13-,15+/m1/s1. The molecule has 0 unspecified atom stereocenters. The lowest BCUT2D eigenvalue weighted by Crippen LogP contribution is -2.46. The van der Waals surface area contributed by atoms with E-state index in [1.54, 1.807) is 0 Å². The third-order valence-corrected chi connectivity index (χ3v) is 5.34. The number of carbonyl (C=O) groups excluding carboxylic acids is 1. The van der Waals surface area contributed by atoms with Gasteiger partial charge in [-0.15, -0.1) is 0 Å². The molecular weight excluding hydrogens is 278 g/mol. The van der Waals surface area contributed by atoms with Crippen molar-refractivity contribution in [2.24, 2.45) is 5.92 Å². The Morgan fingerprint density at radius 3 is 2.36 bits per heavy atom. The summed E-state index contributed by atoms with van der Waals surface area (Å²) in [6, 6.07) is 10.0. The van der Waals surface area contributed by atoms with Crippen LogP contribution in [0.15, 0.2) is 30.3 Å². The molecule has 0 saturated heterocycles. The van der Waals surface area contributed by atoms with Crippen molar-refractivity contribution in [2.75, 3.05) is 0 Å². The van der Waals surface area contributed by atoms with Crippen LogP contribution in [0.5, 0.6) is 0 Å². The number of carbonyl (C=O) groups is 2. The van der Waals surface area contributed by atoms with Gasteiger partial charge < -0.3 is 10.4 Å². The number of hydrogen-bond acceptors (Lipinski definition) is 2. The minimum Gasteiger partial charge on any atom is -0.481 e. The maximum Gasteiger partial charge on any atom is 0.306 e. The van der Waals surface area contributed by atoms with Crippen molar-refractivity contribution in [1.82, 2.24) is 5.32 Å². The van der Waals surface area contributed by atoms with E-state index >= 15 is 0 Å². The molecule has 0 radical (unpaired) electrons. The first kappa shape index (κ1) is 15.1. The molecule has 2 atom stereocenters. The second kappa shape index (κ2) is 6.11. The third kappa shape index (κ3) is 2.74. The van der Waals surface area contributed by atoms with Crippen molar-refractivity contribution in [2.45, 2.75) is 56.4 Å². The van der Waals surface area contributed by atoms with Gasteiger partial charge in [0.1, 0.15) is 0 Å². The number of rotatable bonds is 4. The third-order valence-electron chi connectivity index (χ3n) is 5.34. The van der Waals surface area contributed by atoms with E-state index in [9.17, 15) is 9.59 Å². The molecule has 22 heavy (non-hydrogen) atoms. The summed E-state index contributed by atoms with van der Waals surface area (Å²) in [5, 5.41) is 12.2. The Morgan fingerprint density at radius 1 is 1.09 bits per heavy atom. The molecule has 0 spiro atoms. The Bertz CT molecular complexity index is 549. The van der Waals surface area contributed by atoms with Gasteiger partial charge in [-0.25, -0.2) is 0 Å². The van der Waals surface area contributed by atoms with Crippen LogP contribution < -0.4 is 5.32 Å². The van der Waals surface area contributed by atoms with E-state index < -0.39 is 11.4 Å². The number of nitrogens with one attached hydrogen (secondary N) is 1.